The molecule has 0 aliphatic carbocycles. The Morgan fingerprint density at radius 2 is 2.06 bits per heavy atom. The summed E-state index contributed by atoms with van der Waals surface area (Å²) in [7, 11) is 1.37. The fourth-order valence-electron chi connectivity index (χ4n) is 1.33. The Balaban J connectivity index is 3.19. The third-order valence-electron chi connectivity index (χ3n) is 2.11. The summed E-state index contributed by atoms with van der Waals surface area (Å²) in [6.45, 7) is 1.71. The summed E-state index contributed by atoms with van der Waals surface area (Å²) in [5.74, 6) is -0.541. The second kappa shape index (κ2) is 5.58. The van der Waals surface area contributed by atoms with Crippen LogP contribution in [0.15, 0.2) is 12.1 Å². The third-order valence-corrected chi connectivity index (χ3v) is 5.26. The van der Waals surface area contributed by atoms with Crippen LogP contribution < -0.4 is 5.48 Å². The van der Waals surface area contributed by atoms with Crippen molar-refractivity contribution in [2.75, 3.05) is 17.0 Å². The molecule has 3 nitrogen and oxygen atoms in total. The maximum atomic E-state index is 13.6. The zero-order valence-electron chi connectivity index (χ0n) is 9.73. The monoisotopic (exact) mass is 339 g/mol. The predicted octanol–water partition coefficient (Wildman–Crippen LogP) is 2.36. The topological polar surface area (TPSA) is 38.3 Å². The van der Waals surface area contributed by atoms with Gasteiger partial charge in [0.15, 0.2) is 0 Å². The van der Waals surface area contributed by atoms with Gasteiger partial charge in [-0.05, 0) is 0 Å². The molecule has 0 fully saturated rings. The van der Waals surface area contributed by atoms with Gasteiger partial charge in [0.2, 0.25) is 0 Å². The van der Waals surface area contributed by atoms with Crippen LogP contribution in [0, 0.1) is 16.3 Å². The number of rotatable bonds is 3. The van der Waals surface area contributed by atoms with E-state index in [2.05, 4.69) is 10.3 Å². The summed E-state index contributed by atoms with van der Waals surface area (Å²) < 4.78 is 14.3. The quantitative estimate of drug-likeness (QED) is 0.522. The van der Waals surface area contributed by atoms with Crippen molar-refractivity contribution < 1.29 is 14.0 Å². The van der Waals surface area contributed by atoms with E-state index in [1.807, 2.05) is 9.86 Å². The molecule has 16 heavy (non-hydrogen) atoms. The van der Waals surface area contributed by atoms with Crippen molar-refractivity contribution in [3.63, 3.8) is 0 Å². The molecule has 0 heterocycles. The van der Waals surface area contributed by atoms with Crippen molar-refractivity contribution in [2.45, 2.75) is 6.92 Å². The molecule has 0 aliphatic rings. The molecule has 0 atom stereocenters. The third kappa shape index (κ3) is 2.91. The fraction of sp³-hybridized carbons (Fsp3) is 0.364. The SMILES string of the molecule is CONC(=O)c1cc(I(C)C)c(F)cc1C. The molecule has 0 unspecified atom stereocenters. The number of hydrogen-bond acceptors (Lipinski definition) is 2. The zero-order valence-corrected chi connectivity index (χ0v) is 11.9. The average Bonchev–Trinajstić information content (AvgIpc) is 2.17. The molecule has 0 saturated carbocycles. The standard InChI is InChI=1S/C11H15FINO2/c1-7-5-9(12)10(13(2)3)6-8(7)11(15)14-16-4/h5-6H,1-4H3,(H,14,15). The Morgan fingerprint density at radius 3 is 2.56 bits per heavy atom. The molecular formula is C11H15FINO2. The van der Waals surface area contributed by atoms with Crippen LogP contribution in [0.5, 0.6) is 0 Å². The van der Waals surface area contributed by atoms with Crippen LogP contribution in [-0.2, 0) is 4.84 Å². The molecule has 0 saturated heterocycles. The summed E-state index contributed by atoms with van der Waals surface area (Å²) in [6, 6.07) is 3.06. The molecule has 0 bridgehead atoms. The molecule has 0 spiro atoms. The van der Waals surface area contributed by atoms with Crippen molar-refractivity contribution in [1.82, 2.24) is 5.48 Å². The van der Waals surface area contributed by atoms with Gasteiger partial charge in [0.25, 0.3) is 0 Å². The van der Waals surface area contributed by atoms with Gasteiger partial charge in [-0.2, -0.15) is 0 Å². The first kappa shape index (κ1) is 13.4. The van der Waals surface area contributed by atoms with E-state index in [1.165, 1.54) is 13.2 Å². The molecule has 1 aromatic rings. The summed E-state index contributed by atoms with van der Waals surface area (Å²) in [5.41, 5.74) is 3.34. The van der Waals surface area contributed by atoms with Gasteiger partial charge in [0.05, 0.1) is 0 Å². The molecule has 1 rings (SSSR count). The molecule has 1 amide bonds. The number of alkyl halides is 2. The molecule has 1 aromatic carbocycles. The Bertz CT molecular complexity index is 407. The van der Waals surface area contributed by atoms with E-state index < -0.39 is 19.8 Å². The first-order valence-corrected chi connectivity index (χ1v) is 10.00. The Hall–Kier alpha value is -0.690. The van der Waals surface area contributed by atoms with Gasteiger partial charge in [0.1, 0.15) is 0 Å². The van der Waals surface area contributed by atoms with Crippen molar-refractivity contribution in [3.05, 3.63) is 32.6 Å². The number of hydrogen-bond donors (Lipinski definition) is 1. The Kier molecular flexibility index (Phi) is 4.67. The maximum absolute atomic E-state index is 13.6. The first-order chi connectivity index (χ1) is 7.47. The van der Waals surface area contributed by atoms with Gasteiger partial charge in [0, 0.05) is 0 Å². The molecular weight excluding hydrogens is 324 g/mol. The van der Waals surface area contributed by atoms with E-state index >= 15 is 0 Å². The molecule has 90 valence electrons. The molecule has 0 radical (unpaired) electrons. The van der Waals surface area contributed by atoms with Gasteiger partial charge in [-0.25, -0.2) is 0 Å². The number of aryl methyl sites for hydroxylation is 1. The number of benzene rings is 1. The number of nitrogens with one attached hydrogen (secondary N) is 1. The van der Waals surface area contributed by atoms with E-state index in [0.717, 1.165) is 0 Å². The van der Waals surface area contributed by atoms with Crippen molar-refractivity contribution >= 4 is 25.7 Å². The van der Waals surface area contributed by atoms with Gasteiger partial charge in [-0.15, -0.1) is 0 Å². The van der Waals surface area contributed by atoms with Crippen LogP contribution in [0.2, 0.25) is 0 Å². The van der Waals surface area contributed by atoms with Crippen LogP contribution in [-0.4, -0.2) is 22.9 Å². The van der Waals surface area contributed by atoms with Crippen LogP contribution in [0.25, 0.3) is 0 Å². The molecule has 5 heteroatoms. The number of carbonyl (C=O) groups excluding carboxylic acids is 1. The van der Waals surface area contributed by atoms with Crippen molar-refractivity contribution in [3.8, 4) is 0 Å². The van der Waals surface area contributed by atoms with Crippen LogP contribution in [0.3, 0.4) is 0 Å². The zero-order chi connectivity index (χ0) is 12.3. The molecule has 0 aliphatic heterocycles. The van der Waals surface area contributed by atoms with E-state index in [1.54, 1.807) is 13.0 Å². The summed E-state index contributed by atoms with van der Waals surface area (Å²) in [6.07, 6.45) is 0. The van der Waals surface area contributed by atoms with Crippen LogP contribution in [0.4, 0.5) is 4.39 Å². The van der Waals surface area contributed by atoms with Crippen molar-refractivity contribution in [2.24, 2.45) is 0 Å². The Morgan fingerprint density at radius 1 is 1.44 bits per heavy atom. The predicted molar refractivity (Wildman–Crippen MR) is 70.2 cm³/mol. The second-order valence-corrected chi connectivity index (χ2v) is 8.95. The second-order valence-electron chi connectivity index (χ2n) is 3.47. The minimum atomic E-state index is -1.44. The average molecular weight is 339 g/mol. The van der Waals surface area contributed by atoms with E-state index in [-0.39, 0.29) is 11.7 Å². The van der Waals surface area contributed by atoms with Gasteiger partial charge < -0.3 is 0 Å². The fourth-order valence-corrected chi connectivity index (χ4v) is 3.45. The Labute approximate surface area is 102 Å². The summed E-state index contributed by atoms with van der Waals surface area (Å²) >= 11 is -1.44. The number of hydroxylamine groups is 1. The molecule has 1 N–H and O–H groups in total. The van der Waals surface area contributed by atoms with Gasteiger partial charge in [-0.1, -0.05) is 0 Å². The molecule has 0 aromatic heterocycles. The normalized spacial score (nSPS) is 11.2. The number of carbonyl (C=O) groups is 1. The van der Waals surface area contributed by atoms with Crippen molar-refractivity contribution in [1.29, 1.82) is 0 Å². The number of amides is 1. The van der Waals surface area contributed by atoms with E-state index in [9.17, 15) is 9.18 Å². The summed E-state index contributed by atoms with van der Waals surface area (Å²) in [4.78, 5) is 20.2. The van der Waals surface area contributed by atoms with Crippen LogP contribution in [0.1, 0.15) is 15.9 Å². The van der Waals surface area contributed by atoms with Gasteiger partial charge in [-0.3, -0.25) is 0 Å². The first-order valence-electron chi connectivity index (χ1n) is 4.61. The minimum absolute atomic E-state index is 0.207. The summed E-state index contributed by atoms with van der Waals surface area (Å²) in [5, 5.41) is 0. The van der Waals surface area contributed by atoms with Gasteiger partial charge >= 0.3 is 102 Å². The van der Waals surface area contributed by atoms with Crippen LogP contribution >= 0.6 is 19.8 Å². The number of halogens is 2. The van der Waals surface area contributed by atoms with E-state index in [4.69, 9.17) is 0 Å². The van der Waals surface area contributed by atoms with E-state index in [0.29, 0.717) is 14.7 Å².